The van der Waals surface area contributed by atoms with E-state index in [0.717, 1.165) is 16.6 Å². The van der Waals surface area contributed by atoms with Crippen molar-refractivity contribution in [2.24, 2.45) is 0 Å². The van der Waals surface area contributed by atoms with Crippen molar-refractivity contribution < 1.29 is 0 Å². The van der Waals surface area contributed by atoms with E-state index in [1.54, 1.807) is 0 Å². The molecule has 1 nitrogen and oxygen atoms in total. The fourth-order valence-electron chi connectivity index (χ4n) is 1.20. The van der Waals surface area contributed by atoms with Gasteiger partial charge in [0.25, 0.3) is 0 Å². The van der Waals surface area contributed by atoms with Crippen LogP contribution in [0, 0.1) is 0 Å². The van der Waals surface area contributed by atoms with E-state index in [-0.39, 0.29) is 0 Å². The second kappa shape index (κ2) is 4.53. The van der Waals surface area contributed by atoms with Crippen molar-refractivity contribution in [3.05, 3.63) is 24.3 Å². The predicted octanol–water partition coefficient (Wildman–Crippen LogP) is 3.13. The predicted molar refractivity (Wildman–Crippen MR) is 66.0 cm³/mol. The molecule has 1 heterocycles. The van der Waals surface area contributed by atoms with Gasteiger partial charge < -0.3 is 4.90 Å². The van der Waals surface area contributed by atoms with Crippen LogP contribution in [0.3, 0.4) is 0 Å². The molecule has 0 aliphatic carbocycles. The third-order valence-electron chi connectivity index (χ3n) is 1.88. The van der Waals surface area contributed by atoms with Gasteiger partial charge in [0, 0.05) is 15.7 Å². The van der Waals surface area contributed by atoms with E-state index in [1.807, 2.05) is 35.7 Å². The highest BCUT2D eigenvalue weighted by molar-refractivity contribution is 8.16. The molecular formula is C9H11NS3. The Bertz CT molecular complexity index is 267. The number of thioether (sulfide) groups is 2. The SMILES string of the molecule is Sc1ccc(N2CSCSC2)cc1. The van der Waals surface area contributed by atoms with E-state index < -0.39 is 0 Å². The van der Waals surface area contributed by atoms with Crippen LogP contribution in [-0.4, -0.2) is 16.8 Å². The summed E-state index contributed by atoms with van der Waals surface area (Å²) >= 11 is 8.21. The van der Waals surface area contributed by atoms with Crippen LogP contribution in [0.5, 0.6) is 0 Å². The van der Waals surface area contributed by atoms with Gasteiger partial charge in [-0.3, -0.25) is 0 Å². The average molecular weight is 229 g/mol. The number of rotatable bonds is 1. The molecule has 0 saturated carbocycles. The van der Waals surface area contributed by atoms with Gasteiger partial charge >= 0.3 is 0 Å². The minimum absolute atomic E-state index is 1.03. The summed E-state index contributed by atoms with van der Waals surface area (Å²) in [6, 6.07) is 8.36. The minimum Gasteiger partial charge on any atom is -0.353 e. The molecule has 1 aliphatic rings. The van der Waals surface area contributed by atoms with Crippen molar-refractivity contribution in [3.63, 3.8) is 0 Å². The first-order chi connectivity index (χ1) is 6.36. The van der Waals surface area contributed by atoms with Gasteiger partial charge in [-0.15, -0.1) is 36.2 Å². The van der Waals surface area contributed by atoms with Crippen molar-refractivity contribution in [1.29, 1.82) is 0 Å². The van der Waals surface area contributed by atoms with Crippen molar-refractivity contribution in [2.75, 3.05) is 21.7 Å². The summed E-state index contributed by atoms with van der Waals surface area (Å²) in [6.45, 7) is 0. The van der Waals surface area contributed by atoms with E-state index in [4.69, 9.17) is 0 Å². The minimum atomic E-state index is 1.03. The second-order valence-corrected chi connectivity index (χ2v) is 5.63. The van der Waals surface area contributed by atoms with Gasteiger partial charge in [0.2, 0.25) is 0 Å². The highest BCUT2D eigenvalue weighted by atomic mass is 32.2. The van der Waals surface area contributed by atoms with Crippen LogP contribution in [0.15, 0.2) is 29.2 Å². The van der Waals surface area contributed by atoms with E-state index in [1.165, 1.54) is 10.8 Å². The van der Waals surface area contributed by atoms with E-state index >= 15 is 0 Å². The molecule has 0 bridgehead atoms. The fourth-order valence-corrected chi connectivity index (χ4v) is 3.46. The van der Waals surface area contributed by atoms with Crippen LogP contribution in [0.25, 0.3) is 0 Å². The maximum Gasteiger partial charge on any atom is 0.0656 e. The Morgan fingerprint density at radius 2 is 1.69 bits per heavy atom. The zero-order valence-corrected chi connectivity index (χ0v) is 9.67. The molecule has 1 aliphatic heterocycles. The normalized spacial score (nSPS) is 17.5. The first-order valence-electron chi connectivity index (χ1n) is 4.06. The summed E-state index contributed by atoms with van der Waals surface area (Å²) < 4.78 is 0. The second-order valence-electron chi connectivity index (χ2n) is 2.84. The van der Waals surface area contributed by atoms with Gasteiger partial charge in [-0.05, 0) is 24.3 Å². The van der Waals surface area contributed by atoms with E-state index in [0.29, 0.717) is 0 Å². The summed E-state index contributed by atoms with van der Waals surface area (Å²) in [7, 11) is 0. The van der Waals surface area contributed by atoms with Crippen LogP contribution in [0.1, 0.15) is 0 Å². The number of benzene rings is 1. The molecule has 1 saturated heterocycles. The Balaban J connectivity index is 2.10. The lowest BCUT2D eigenvalue weighted by Gasteiger charge is -2.27. The molecule has 1 aromatic carbocycles. The molecule has 0 amide bonds. The standard InChI is InChI=1S/C9H11NS3/c11-9-3-1-8(2-4-9)10-5-12-7-13-6-10/h1-4,11H,5-7H2. The van der Waals surface area contributed by atoms with Crippen molar-refractivity contribution in [2.45, 2.75) is 4.90 Å². The highest BCUT2D eigenvalue weighted by Gasteiger charge is 2.10. The quantitative estimate of drug-likeness (QED) is 0.738. The van der Waals surface area contributed by atoms with Gasteiger partial charge in [-0.25, -0.2) is 0 Å². The van der Waals surface area contributed by atoms with Gasteiger partial charge in [0.15, 0.2) is 0 Å². The molecule has 1 fully saturated rings. The Morgan fingerprint density at radius 1 is 1.08 bits per heavy atom. The Labute approximate surface area is 92.7 Å². The number of anilines is 1. The zero-order chi connectivity index (χ0) is 9.10. The monoisotopic (exact) mass is 229 g/mol. The van der Waals surface area contributed by atoms with Crippen LogP contribution in [0.2, 0.25) is 0 Å². The molecule has 0 N–H and O–H groups in total. The summed E-state index contributed by atoms with van der Waals surface area (Å²) in [4.78, 5) is 3.41. The number of thiol groups is 1. The Hall–Kier alpha value is 0.0700. The maximum atomic E-state index is 4.27. The largest absolute Gasteiger partial charge is 0.353 e. The molecule has 0 radical (unpaired) electrons. The molecule has 0 unspecified atom stereocenters. The molecule has 4 heteroatoms. The van der Waals surface area contributed by atoms with E-state index in [9.17, 15) is 0 Å². The summed E-state index contributed by atoms with van der Waals surface area (Å²) in [5, 5.41) is 1.22. The average Bonchev–Trinajstić information content (AvgIpc) is 2.20. The topological polar surface area (TPSA) is 3.24 Å². The number of hydrogen-bond acceptors (Lipinski definition) is 4. The molecule has 0 aromatic heterocycles. The van der Waals surface area contributed by atoms with Crippen molar-refractivity contribution in [3.8, 4) is 0 Å². The highest BCUT2D eigenvalue weighted by Crippen LogP contribution is 2.27. The fraction of sp³-hybridized carbons (Fsp3) is 0.333. The third kappa shape index (κ3) is 2.51. The first kappa shape index (κ1) is 9.62. The van der Waals surface area contributed by atoms with Crippen molar-refractivity contribution >= 4 is 41.8 Å². The van der Waals surface area contributed by atoms with E-state index in [2.05, 4.69) is 29.7 Å². The first-order valence-corrected chi connectivity index (χ1v) is 6.81. The van der Waals surface area contributed by atoms with Gasteiger partial charge in [0.05, 0.1) is 11.8 Å². The van der Waals surface area contributed by atoms with Crippen LogP contribution in [-0.2, 0) is 0 Å². The molecule has 13 heavy (non-hydrogen) atoms. The number of hydrogen-bond donors (Lipinski definition) is 1. The van der Waals surface area contributed by atoms with Crippen molar-refractivity contribution in [1.82, 2.24) is 0 Å². The van der Waals surface area contributed by atoms with Crippen LogP contribution < -0.4 is 4.90 Å². The smallest absolute Gasteiger partial charge is 0.0656 e. The van der Waals surface area contributed by atoms with Gasteiger partial charge in [-0.2, -0.15) is 0 Å². The van der Waals surface area contributed by atoms with Crippen LogP contribution >= 0.6 is 36.2 Å². The molecule has 2 rings (SSSR count). The zero-order valence-electron chi connectivity index (χ0n) is 7.14. The molecular weight excluding hydrogens is 218 g/mol. The summed E-state index contributed by atoms with van der Waals surface area (Å²) in [6.07, 6.45) is 0. The Morgan fingerprint density at radius 3 is 2.31 bits per heavy atom. The molecule has 70 valence electrons. The molecule has 1 aromatic rings. The lowest BCUT2D eigenvalue weighted by atomic mass is 10.3. The van der Waals surface area contributed by atoms with Gasteiger partial charge in [0.1, 0.15) is 0 Å². The third-order valence-corrected chi connectivity index (χ3v) is 4.50. The van der Waals surface area contributed by atoms with Crippen LogP contribution in [0.4, 0.5) is 5.69 Å². The molecule has 0 spiro atoms. The maximum absolute atomic E-state index is 4.27. The Kier molecular flexibility index (Phi) is 3.35. The summed E-state index contributed by atoms with van der Waals surface area (Å²) in [5.74, 6) is 2.22. The number of nitrogens with zero attached hydrogens (tertiary/aromatic N) is 1. The molecule has 0 atom stereocenters. The van der Waals surface area contributed by atoms with Gasteiger partial charge in [-0.1, -0.05) is 0 Å². The lowest BCUT2D eigenvalue weighted by molar-refractivity contribution is 1.06. The summed E-state index contributed by atoms with van der Waals surface area (Å²) in [5.41, 5.74) is 1.30. The lowest BCUT2D eigenvalue weighted by Crippen LogP contribution is -2.25.